The summed E-state index contributed by atoms with van der Waals surface area (Å²) >= 11 is 0. The number of aryl methyl sites for hydroxylation is 1. The highest BCUT2D eigenvalue weighted by Crippen LogP contribution is 2.14. The zero-order chi connectivity index (χ0) is 14.5. The molecule has 108 valence electrons. The second-order valence-corrected chi connectivity index (χ2v) is 5.44. The van der Waals surface area contributed by atoms with Gasteiger partial charge in [-0.25, -0.2) is 0 Å². The van der Waals surface area contributed by atoms with Crippen molar-refractivity contribution in [3.8, 4) is 0 Å². The van der Waals surface area contributed by atoms with Crippen molar-refractivity contribution in [1.82, 2.24) is 14.7 Å². The highest BCUT2D eigenvalue weighted by atomic mass is 15.3. The summed E-state index contributed by atoms with van der Waals surface area (Å²) in [5, 5.41) is 4.34. The molecular formula is C16H24N4. The first kappa shape index (κ1) is 14.6. The van der Waals surface area contributed by atoms with E-state index in [1.807, 2.05) is 23.0 Å². The second kappa shape index (κ2) is 6.57. The predicted molar refractivity (Wildman–Crippen MR) is 83.1 cm³/mol. The summed E-state index contributed by atoms with van der Waals surface area (Å²) in [4.78, 5) is 2.43. The largest absolute Gasteiger partial charge is 0.399 e. The molecule has 0 saturated carbocycles. The van der Waals surface area contributed by atoms with Crippen molar-refractivity contribution >= 4 is 5.69 Å². The molecule has 0 radical (unpaired) electrons. The summed E-state index contributed by atoms with van der Waals surface area (Å²) in [7, 11) is 0. The van der Waals surface area contributed by atoms with E-state index < -0.39 is 0 Å². The Kier molecular flexibility index (Phi) is 4.79. The van der Waals surface area contributed by atoms with Gasteiger partial charge in [0.05, 0.1) is 6.20 Å². The van der Waals surface area contributed by atoms with Gasteiger partial charge >= 0.3 is 0 Å². The number of rotatable bonds is 6. The molecular weight excluding hydrogens is 248 g/mol. The van der Waals surface area contributed by atoms with Gasteiger partial charge in [0.2, 0.25) is 0 Å². The molecule has 4 heteroatoms. The molecule has 1 heterocycles. The van der Waals surface area contributed by atoms with Crippen LogP contribution < -0.4 is 5.73 Å². The molecule has 20 heavy (non-hydrogen) atoms. The molecule has 0 aliphatic heterocycles. The van der Waals surface area contributed by atoms with Gasteiger partial charge in [-0.05, 0) is 38.5 Å². The van der Waals surface area contributed by atoms with Crippen LogP contribution in [0.2, 0.25) is 0 Å². The highest BCUT2D eigenvalue weighted by molar-refractivity contribution is 5.39. The van der Waals surface area contributed by atoms with Crippen LogP contribution in [-0.4, -0.2) is 20.7 Å². The highest BCUT2D eigenvalue weighted by Gasteiger charge is 2.12. The third kappa shape index (κ3) is 3.84. The maximum atomic E-state index is 5.73. The lowest BCUT2D eigenvalue weighted by Crippen LogP contribution is -2.29. The van der Waals surface area contributed by atoms with E-state index in [-0.39, 0.29) is 0 Å². The maximum absolute atomic E-state index is 5.73. The Morgan fingerprint density at radius 2 is 1.80 bits per heavy atom. The summed E-state index contributed by atoms with van der Waals surface area (Å²) in [5.74, 6) is 0. The van der Waals surface area contributed by atoms with E-state index in [4.69, 9.17) is 5.73 Å². The summed E-state index contributed by atoms with van der Waals surface area (Å²) in [6, 6.07) is 8.60. The summed E-state index contributed by atoms with van der Waals surface area (Å²) in [6.45, 7) is 9.31. The van der Waals surface area contributed by atoms with Crippen LogP contribution in [-0.2, 0) is 19.6 Å². The van der Waals surface area contributed by atoms with Crippen LogP contribution in [0.1, 0.15) is 31.9 Å². The monoisotopic (exact) mass is 272 g/mol. The van der Waals surface area contributed by atoms with Gasteiger partial charge in [-0.2, -0.15) is 5.10 Å². The minimum absolute atomic E-state index is 0.484. The third-order valence-corrected chi connectivity index (χ3v) is 3.49. The van der Waals surface area contributed by atoms with Crippen molar-refractivity contribution < 1.29 is 0 Å². The zero-order valence-electron chi connectivity index (χ0n) is 12.6. The molecule has 2 rings (SSSR count). The van der Waals surface area contributed by atoms with Gasteiger partial charge < -0.3 is 5.73 Å². The van der Waals surface area contributed by atoms with E-state index in [1.165, 1.54) is 11.1 Å². The van der Waals surface area contributed by atoms with Gasteiger partial charge in [0.25, 0.3) is 0 Å². The van der Waals surface area contributed by atoms with Gasteiger partial charge in [0, 0.05) is 43.1 Å². The lowest BCUT2D eigenvalue weighted by Gasteiger charge is -2.26. The second-order valence-electron chi connectivity index (χ2n) is 5.44. The van der Waals surface area contributed by atoms with Crippen LogP contribution in [0.25, 0.3) is 0 Å². The quantitative estimate of drug-likeness (QED) is 0.823. The van der Waals surface area contributed by atoms with Crippen LogP contribution in [0.4, 0.5) is 5.69 Å². The van der Waals surface area contributed by atoms with Crippen molar-refractivity contribution in [2.24, 2.45) is 0 Å². The number of anilines is 1. The van der Waals surface area contributed by atoms with Gasteiger partial charge in [0.1, 0.15) is 0 Å². The standard InChI is InChI=1S/C16H24N4/c1-4-20-12-15(9-18-20)11-19(13(2)3)10-14-5-7-16(17)8-6-14/h5-9,12-13H,4,10-11,17H2,1-3H3. The summed E-state index contributed by atoms with van der Waals surface area (Å²) in [5.41, 5.74) is 9.10. The molecule has 0 fully saturated rings. The van der Waals surface area contributed by atoms with E-state index in [0.717, 1.165) is 25.3 Å². The number of nitrogen functional groups attached to an aromatic ring is 1. The Labute approximate surface area is 121 Å². The first-order valence-electron chi connectivity index (χ1n) is 7.18. The van der Waals surface area contributed by atoms with Crippen LogP contribution in [0.3, 0.4) is 0 Å². The molecule has 0 aliphatic rings. The molecule has 1 aromatic heterocycles. The lowest BCUT2D eigenvalue weighted by atomic mass is 10.1. The first-order chi connectivity index (χ1) is 9.58. The molecule has 2 aromatic rings. The summed E-state index contributed by atoms with van der Waals surface area (Å²) < 4.78 is 1.97. The molecule has 1 aromatic carbocycles. The lowest BCUT2D eigenvalue weighted by molar-refractivity contribution is 0.203. The summed E-state index contributed by atoms with van der Waals surface area (Å²) in [6.07, 6.45) is 4.08. The van der Waals surface area contributed by atoms with Crippen molar-refractivity contribution in [2.75, 3.05) is 5.73 Å². The number of hydrogen-bond donors (Lipinski definition) is 1. The number of aromatic nitrogens is 2. The number of benzene rings is 1. The fraction of sp³-hybridized carbons (Fsp3) is 0.438. The SMILES string of the molecule is CCn1cc(CN(Cc2ccc(N)cc2)C(C)C)cn1. The average Bonchev–Trinajstić information content (AvgIpc) is 2.88. The predicted octanol–water partition coefficient (Wildman–Crippen LogP) is 2.90. The van der Waals surface area contributed by atoms with Crippen LogP contribution >= 0.6 is 0 Å². The molecule has 0 atom stereocenters. The Bertz CT molecular complexity index is 528. The molecule has 0 amide bonds. The molecule has 0 unspecified atom stereocenters. The minimum Gasteiger partial charge on any atom is -0.399 e. The van der Waals surface area contributed by atoms with E-state index in [9.17, 15) is 0 Å². The fourth-order valence-corrected chi connectivity index (χ4v) is 2.17. The van der Waals surface area contributed by atoms with Crippen molar-refractivity contribution in [1.29, 1.82) is 0 Å². The van der Waals surface area contributed by atoms with E-state index in [1.54, 1.807) is 0 Å². The van der Waals surface area contributed by atoms with E-state index in [2.05, 4.69) is 49.1 Å². The smallest absolute Gasteiger partial charge is 0.0534 e. The Morgan fingerprint density at radius 1 is 1.15 bits per heavy atom. The molecule has 0 aliphatic carbocycles. The number of nitrogens with zero attached hydrogens (tertiary/aromatic N) is 3. The Morgan fingerprint density at radius 3 is 2.35 bits per heavy atom. The molecule has 0 spiro atoms. The van der Waals surface area contributed by atoms with Crippen molar-refractivity contribution in [3.05, 3.63) is 47.8 Å². The van der Waals surface area contributed by atoms with E-state index >= 15 is 0 Å². The molecule has 0 bridgehead atoms. The zero-order valence-corrected chi connectivity index (χ0v) is 12.6. The van der Waals surface area contributed by atoms with Gasteiger partial charge in [-0.1, -0.05) is 12.1 Å². The topological polar surface area (TPSA) is 47.1 Å². The fourth-order valence-electron chi connectivity index (χ4n) is 2.17. The van der Waals surface area contributed by atoms with Crippen molar-refractivity contribution in [2.45, 2.75) is 46.4 Å². The minimum atomic E-state index is 0.484. The van der Waals surface area contributed by atoms with Gasteiger partial charge in [-0.3, -0.25) is 9.58 Å². The maximum Gasteiger partial charge on any atom is 0.0534 e. The normalized spacial score (nSPS) is 11.4. The van der Waals surface area contributed by atoms with Gasteiger partial charge in [-0.15, -0.1) is 0 Å². The van der Waals surface area contributed by atoms with Crippen molar-refractivity contribution in [3.63, 3.8) is 0 Å². The average molecular weight is 272 g/mol. The van der Waals surface area contributed by atoms with Gasteiger partial charge in [0.15, 0.2) is 0 Å². The number of nitrogens with two attached hydrogens (primary N) is 1. The van der Waals surface area contributed by atoms with Crippen LogP contribution in [0.5, 0.6) is 0 Å². The first-order valence-corrected chi connectivity index (χ1v) is 7.18. The van der Waals surface area contributed by atoms with E-state index in [0.29, 0.717) is 6.04 Å². The number of hydrogen-bond acceptors (Lipinski definition) is 3. The Hall–Kier alpha value is -1.81. The van der Waals surface area contributed by atoms with Crippen LogP contribution in [0, 0.1) is 0 Å². The molecule has 4 nitrogen and oxygen atoms in total. The molecule has 0 saturated heterocycles. The third-order valence-electron chi connectivity index (χ3n) is 3.49. The van der Waals surface area contributed by atoms with Crippen LogP contribution in [0.15, 0.2) is 36.7 Å². The molecule has 2 N–H and O–H groups in total. The Balaban J connectivity index is 2.05.